The number of amides is 2. The third-order valence-corrected chi connectivity index (χ3v) is 15.1. The van der Waals surface area contributed by atoms with Crippen molar-refractivity contribution in [3.63, 3.8) is 0 Å². The van der Waals surface area contributed by atoms with Crippen molar-refractivity contribution in [1.29, 1.82) is 0 Å². The van der Waals surface area contributed by atoms with Crippen LogP contribution in [0.2, 0.25) is 0 Å². The van der Waals surface area contributed by atoms with Gasteiger partial charge in [0.25, 0.3) is 11.8 Å². The zero-order valence-corrected chi connectivity index (χ0v) is 48.7. The third kappa shape index (κ3) is 12.2. The molecule has 440 valence electrons. The van der Waals surface area contributed by atoms with Crippen LogP contribution in [-0.2, 0) is 35.0 Å². The van der Waals surface area contributed by atoms with Crippen molar-refractivity contribution in [2.75, 3.05) is 53.7 Å². The molecule has 3 aliphatic rings. The van der Waals surface area contributed by atoms with Gasteiger partial charge in [-0.25, -0.2) is 4.79 Å². The molecule has 7 aromatic carbocycles. The molecule has 2 N–H and O–H groups in total. The van der Waals surface area contributed by atoms with Crippen LogP contribution in [0.15, 0.2) is 158 Å². The van der Waals surface area contributed by atoms with Crippen molar-refractivity contribution in [3.05, 3.63) is 208 Å². The number of methoxy groups -OCH3 is 2. The molecule has 85 heavy (non-hydrogen) atoms. The minimum Gasteiger partial charge on any atom is -0.497 e. The average molecular weight is 1150 g/mol. The quantitative estimate of drug-likeness (QED) is 0.0335. The Morgan fingerprint density at radius 3 is 1.69 bits per heavy atom. The zero-order valence-electron chi connectivity index (χ0n) is 48.7. The Bertz CT molecular complexity index is 3480. The number of esters is 3. The molecule has 17 heteroatoms. The molecule has 7 aromatic rings. The highest BCUT2D eigenvalue weighted by molar-refractivity contribution is 6.01. The second-order valence-corrected chi connectivity index (χ2v) is 23.1. The van der Waals surface area contributed by atoms with E-state index in [2.05, 4.69) is 5.32 Å². The lowest BCUT2D eigenvalue weighted by molar-refractivity contribution is -0.143. The van der Waals surface area contributed by atoms with E-state index in [0.717, 1.165) is 16.7 Å². The van der Waals surface area contributed by atoms with E-state index in [1.807, 2.05) is 78.9 Å². The molecule has 1 spiro atoms. The maximum atomic E-state index is 14.2. The summed E-state index contributed by atoms with van der Waals surface area (Å²) < 4.78 is 54.1. The summed E-state index contributed by atoms with van der Waals surface area (Å²) >= 11 is 0. The molecule has 2 atom stereocenters. The molecule has 3 heterocycles. The lowest BCUT2D eigenvalue weighted by Gasteiger charge is -2.38. The summed E-state index contributed by atoms with van der Waals surface area (Å²) in [5, 5.41) is 13.9. The first-order valence-corrected chi connectivity index (χ1v) is 28.1. The molecular formula is C68H68N2O15. The van der Waals surface area contributed by atoms with E-state index >= 15 is 0 Å². The number of carbonyl (C=O) groups excluding carboxylic acids is 5. The number of fused-ring (bicyclic) bond motifs is 6. The fraction of sp³-hybridized carbons (Fsp3) is 0.309. The van der Waals surface area contributed by atoms with Crippen LogP contribution in [0.4, 0.5) is 0 Å². The highest BCUT2D eigenvalue weighted by atomic mass is 16.6. The average Bonchev–Trinajstić information content (AvgIpc) is 1.67. The van der Waals surface area contributed by atoms with Gasteiger partial charge in [0.2, 0.25) is 0 Å². The number of benzene rings is 7. The summed E-state index contributed by atoms with van der Waals surface area (Å²) in [6.45, 7) is 11.3. The smallest absolute Gasteiger partial charge is 0.340 e. The maximum absolute atomic E-state index is 14.2. The van der Waals surface area contributed by atoms with Crippen LogP contribution >= 0.6 is 0 Å². The summed E-state index contributed by atoms with van der Waals surface area (Å²) in [5.74, 6) is 0.443. The predicted molar refractivity (Wildman–Crippen MR) is 314 cm³/mol. The lowest BCUT2D eigenvalue weighted by Crippen LogP contribution is -2.42. The summed E-state index contributed by atoms with van der Waals surface area (Å²) in [7, 11) is 3.24. The van der Waals surface area contributed by atoms with Gasteiger partial charge in [0.05, 0.1) is 62.6 Å². The number of rotatable bonds is 19. The topological polar surface area (TPSA) is 204 Å². The molecule has 2 amide bonds. The van der Waals surface area contributed by atoms with Crippen molar-refractivity contribution < 1.29 is 71.7 Å². The zero-order chi connectivity index (χ0) is 60.3. The number of hydrogen-bond acceptors (Lipinski definition) is 15. The Hall–Kier alpha value is -9.03. The summed E-state index contributed by atoms with van der Waals surface area (Å²) in [4.78, 5) is 69.3. The van der Waals surface area contributed by atoms with Crippen molar-refractivity contribution in [2.24, 2.45) is 10.8 Å². The molecule has 0 saturated carbocycles. The van der Waals surface area contributed by atoms with Gasteiger partial charge in [0.15, 0.2) is 5.60 Å². The van der Waals surface area contributed by atoms with E-state index in [-0.39, 0.29) is 79.5 Å². The number of nitrogens with one attached hydrogen (secondary N) is 1. The van der Waals surface area contributed by atoms with Crippen molar-refractivity contribution in [1.82, 2.24) is 10.2 Å². The van der Waals surface area contributed by atoms with Gasteiger partial charge < -0.3 is 58.0 Å². The van der Waals surface area contributed by atoms with E-state index in [4.69, 9.17) is 42.6 Å². The van der Waals surface area contributed by atoms with E-state index in [1.54, 1.807) is 127 Å². The highest BCUT2D eigenvalue weighted by Gasteiger charge is 2.54. The van der Waals surface area contributed by atoms with Crippen LogP contribution in [0.5, 0.6) is 40.2 Å². The van der Waals surface area contributed by atoms with Gasteiger partial charge in [-0.15, -0.1) is 0 Å². The molecule has 0 bridgehead atoms. The van der Waals surface area contributed by atoms with E-state index in [9.17, 15) is 29.1 Å². The van der Waals surface area contributed by atoms with Crippen LogP contribution in [0.1, 0.15) is 112 Å². The number of aliphatic hydroxyl groups excluding tert-OH is 1. The van der Waals surface area contributed by atoms with Crippen LogP contribution in [0, 0.1) is 10.8 Å². The summed E-state index contributed by atoms with van der Waals surface area (Å²) in [6.07, 6.45) is -0.426. The number of ether oxygens (including phenoxy) is 9. The Labute approximate surface area is 493 Å². The maximum Gasteiger partial charge on any atom is 0.340 e. The minimum absolute atomic E-state index is 0.109. The molecule has 1 fully saturated rings. The lowest BCUT2D eigenvalue weighted by atomic mass is 9.77. The monoisotopic (exact) mass is 1150 g/mol. The standard InChI is InChI=1S/C68H68N2O15/c1-65(2,3)63(75)82-52-27-30-55-58(38-52)84-59-39-53(83-64(76)66(4,5)6)28-31-56(59)68(55)57-36-43(16-29-54(57)62(74)85-68)60(72)69-32-33-79-34-35-80-51-21-14-42(15-22-51)61(73)70-40-48(71)37-47(70)41-81-67(44-12-10-9-11-13-44,45-17-23-49(77-7)24-18-45)46-19-25-50(78-8)26-20-46/h9-31,36,38-39,47-48,71H,32-35,37,40-41H2,1-8H3,(H,69,72). The van der Waals surface area contributed by atoms with Gasteiger partial charge in [0, 0.05) is 53.0 Å². The SMILES string of the molecule is COc1ccc(C(OCC2CC(O)CN2C(=O)c2ccc(OCCOCCNC(=O)c3ccc4c(c3)C3(OC4=O)c4ccc(OC(=O)C(C)(C)C)cc4Oc4cc(OC(=O)C(C)(C)C)ccc43)cc2)(c2ccccc2)c2ccc(OC)cc2)cc1. The second kappa shape index (κ2) is 24.3. The number of likely N-dealkylation sites (tertiary alicyclic amines) is 1. The molecule has 3 aliphatic heterocycles. The Kier molecular flexibility index (Phi) is 16.9. The predicted octanol–water partition coefficient (Wildman–Crippen LogP) is 10.6. The molecule has 10 rings (SSSR count). The first-order valence-electron chi connectivity index (χ1n) is 28.1. The summed E-state index contributed by atoms with van der Waals surface area (Å²) in [5.41, 5.74) is 0.332. The molecular weight excluding hydrogens is 1080 g/mol. The van der Waals surface area contributed by atoms with Crippen LogP contribution in [-0.4, -0.2) is 106 Å². The van der Waals surface area contributed by atoms with Crippen LogP contribution < -0.4 is 33.7 Å². The number of hydrogen-bond donors (Lipinski definition) is 2. The Morgan fingerprint density at radius 1 is 0.612 bits per heavy atom. The Balaban J connectivity index is 0.763. The van der Waals surface area contributed by atoms with Gasteiger partial charge in [0.1, 0.15) is 52.5 Å². The summed E-state index contributed by atoms with van der Waals surface area (Å²) in [6, 6.07) is 45.9. The number of β-amino-alcohol motifs (C(OH)–C–C–N with tert-alkyl or cyclic N) is 1. The van der Waals surface area contributed by atoms with Gasteiger partial charge in [-0.1, -0.05) is 54.6 Å². The fourth-order valence-corrected chi connectivity index (χ4v) is 10.6. The van der Waals surface area contributed by atoms with Crippen LogP contribution in [0.25, 0.3) is 0 Å². The molecule has 1 saturated heterocycles. The first kappa shape index (κ1) is 59.1. The fourth-order valence-electron chi connectivity index (χ4n) is 10.6. The normalized spacial score (nSPS) is 15.8. The second-order valence-electron chi connectivity index (χ2n) is 23.1. The largest absolute Gasteiger partial charge is 0.497 e. The van der Waals surface area contributed by atoms with E-state index < -0.39 is 58.0 Å². The minimum atomic E-state index is -1.62. The molecule has 0 aromatic heterocycles. The number of aliphatic hydroxyl groups is 1. The van der Waals surface area contributed by atoms with Gasteiger partial charge in [-0.3, -0.25) is 19.2 Å². The van der Waals surface area contributed by atoms with Crippen molar-refractivity contribution >= 4 is 29.7 Å². The number of nitrogens with zero attached hydrogens (tertiary/aromatic N) is 1. The van der Waals surface area contributed by atoms with Gasteiger partial charge >= 0.3 is 17.9 Å². The number of carbonyl (C=O) groups is 5. The van der Waals surface area contributed by atoms with Crippen LogP contribution in [0.3, 0.4) is 0 Å². The van der Waals surface area contributed by atoms with E-state index in [0.29, 0.717) is 45.9 Å². The first-order chi connectivity index (χ1) is 40.7. The third-order valence-electron chi connectivity index (χ3n) is 15.1. The van der Waals surface area contributed by atoms with Gasteiger partial charge in [-0.2, -0.15) is 0 Å². The van der Waals surface area contributed by atoms with Crippen molar-refractivity contribution in [3.8, 4) is 40.2 Å². The Morgan fingerprint density at radius 2 is 1.14 bits per heavy atom. The van der Waals surface area contributed by atoms with E-state index in [1.165, 1.54) is 12.1 Å². The molecule has 17 nitrogen and oxygen atoms in total. The molecule has 2 unspecified atom stereocenters. The van der Waals surface area contributed by atoms with Gasteiger partial charge in [-0.05, 0) is 156 Å². The highest BCUT2D eigenvalue weighted by Crippen LogP contribution is 2.57. The van der Waals surface area contributed by atoms with Crippen molar-refractivity contribution in [2.45, 2.75) is 71.3 Å². The molecule has 0 aliphatic carbocycles. The molecule has 0 radical (unpaired) electrons.